The lowest BCUT2D eigenvalue weighted by Gasteiger charge is -2.37. The van der Waals surface area contributed by atoms with Crippen LogP contribution >= 0.6 is 0 Å². The Morgan fingerprint density at radius 1 is 0.763 bits per heavy atom. The number of nitrogens with zero attached hydrogens (tertiary/aromatic N) is 2. The Hall–Kier alpha value is -2.11. The molecule has 1 aromatic carbocycles. The van der Waals surface area contributed by atoms with Gasteiger partial charge in [0.05, 0.1) is 10.5 Å². The molecule has 1 aromatic rings. The number of hydrogen-bond acceptors (Lipinski definition) is 4. The van der Waals surface area contributed by atoms with Crippen molar-refractivity contribution < 1.29 is 14.5 Å². The number of carbonyl (C=O) groups excluding carboxylic acids is 1. The van der Waals surface area contributed by atoms with Crippen molar-refractivity contribution in [2.24, 2.45) is 0 Å². The third-order valence-corrected chi connectivity index (χ3v) is 7.76. The van der Waals surface area contributed by atoms with E-state index < -0.39 is 4.92 Å². The summed E-state index contributed by atoms with van der Waals surface area (Å²) in [5, 5.41) is 11.4. The Morgan fingerprint density at radius 2 is 1.21 bits per heavy atom. The molecular formula is C32H56N2O4. The number of nitro benzene ring substituents is 1. The summed E-state index contributed by atoms with van der Waals surface area (Å²) in [5.74, 6) is 0. The standard InChI is InChI=1S/C32H56N2O4/c1-5-9-11-13-15-17-19-24-29(7-3)33(30(8-4)25-20-18-16-14-12-10-6-2)32(35)38-27-28-23-21-22-26-31(28)34(36)37/h21-23,26,29-30H,5-20,24-25,27H2,1-4H3. The van der Waals surface area contributed by atoms with Gasteiger partial charge in [0.25, 0.3) is 5.69 Å². The molecule has 0 bridgehead atoms. The predicted molar refractivity (Wildman–Crippen MR) is 158 cm³/mol. The molecule has 2 unspecified atom stereocenters. The summed E-state index contributed by atoms with van der Waals surface area (Å²) in [6.45, 7) is 8.73. The highest BCUT2D eigenvalue weighted by molar-refractivity contribution is 5.68. The van der Waals surface area contributed by atoms with Crippen LogP contribution in [-0.4, -0.2) is 28.0 Å². The van der Waals surface area contributed by atoms with Crippen molar-refractivity contribution in [1.29, 1.82) is 0 Å². The Balaban J connectivity index is 2.83. The molecule has 0 saturated heterocycles. The molecule has 0 aliphatic heterocycles. The van der Waals surface area contributed by atoms with Gasteiger partial charge in [-0.3, -0.25) is 10.1 Å². The molecule has 218 valence electrons. The van der Waals surface area contributed by atoms with E-state index in [0.717, 1.165) is 38.5 Å². The van der Waals surface area contributed by atoms with Gasteiger partial charge in [0.15, 0.2) is 0 Å². The van der Waals surface area contributed by atoms with Crippen LogP contribution in [0.15, 0.2) is 24.3 Å². The molecule has 38 heavy (non-hydrogen) atoms. The molecule has 1 amide bonds. The summed E-state index contributed by atoms with van der Waals surface area (Å²) in [4.78, 5) is 26.6. The third kappa shape index (κ3) is 13.6. The lowest BCUT2D eigenvalue weighted by molar-refractivity contribution is -0.385. The van der Waals surface area contributed by atoms with Crippen molar-refractivity contribution in [2.75, 3.05) is 0 Å². The van der Waals surface area contributed by atoms with Crippen LogP contribution < -0.4 is 0 Å². The zero-order valence-corrected chi connectivity index (χ0v) is 24.9. The van der Waals surface area contributed by atoms with Crippen LogP contribution in [0.3, 0.4) is 0 Å². The van der Waals surface area contributed by atoms with Crippen molar-refractivity contribution in [1.82, 2.24) is 4.90 Å². The Labute approximate surface area is 233 Å². The zero-order valence-electron chi connectivity index (χ0n) is 24.9. The smallest absolute Gasteiger partial charge is 0.410 e. The van der Waals surface area contributed by atoms with Gasteiger partial charge in [-0.15, -0.1) is 0 Å². The van der Waals surface area contributed by atoms with Gasteiger partial charge in [0.2, 0.25) is 0 Å². The minimum absolute atomic E-state index is 0.00270. The van der Waals surface area contributed by atoms with Gasteiger partial charge in [-0.2, -0.15) is 0 Å². The summed E-state index contributed by atoms with van der Waals surface area (Å²) < 4.78 is 5.77. The van der Waals surface area contributed by atoms with E-state index in [4.69, 9.17) is 4.74 Å². The number of benzene rings is 1. The molecule has 0 spiro atoms. The van der Waals surface area contributed by atoms with Gasteiger partial charge in [-0.1, -0.05) is 130 Å². The maximum absolute atomic E-state index is 13.5. The lowest BCUT2D eigenvalue weighted by atomic mass is 9.97. The van der Waals surface area contributed by atoms with E-state index in [1.54, 1.807) is 18.2 Å². The summed E-state index contributed by atoms with van der Waals surface area (Å²) in [6.07, 6.45) is 20.9. The maximum Gasteiger partial charge on any atom is 0.410 e. The van der Waals surface area contributed by atoms with E-state index in [-0.39, 0.29) is 30.5 Å². The molecule has 0 aliphatic carbocycles. The van der Waals surface area contributed by atoms with Crippen LogP contribution in [-0.2, 0) is 11.3 Å². The SMILES string of the molecule is CCCCCCCCCC(CC)N(C(=O)OCc1ccccc1[N+](=O)[O-])C(CC)CCCCCCCCC. The molecule has 0 radical (unpaired) electrons. The first kappa shape index (κ1) is 33.9. The van der Waals surface area contributed by atoms with Crippen LogP contribution in [0.1, 0.15) is 149 Å². The van der Waals surface area contributed by atoms with Crippen LogP contribution in [0.4, 0.5) is 10.5 Å². The monoisotopic (exact) mass is 532 g/mol. The van der Waals surface area contributed by atoms with E-state index in [0.29, 0.717) is 5.56 Å². The Morgan fingerprint density at radius 3 is 1.66 bits per heavy atom. The lowest BCUT2D eigenvalue weighted by Crippen LogP contribution is -2.47. The number of nitro groups is 1. The molecule has 0 N–H and O–H groups in total. The van der Waals surface area contributed by atoms with Gasteiger partial charge in [-0.05, 0) is 31.7 Å². The second-order valence-corrected chi connectivity index (χ2v) is 10.8. The van der Waals surface area contributed by atoms with E-state index in [1.807, 2.05) is 4.90 Å². The van der Waals surface area contributed by atoms with Crippen molar-refractivity contribution in [3.8, 4) is 0 Å². The zero-order chi connectivity index (χ0) is 28.0. The maximum atomic E-state index is 13.5. The highest BCUT2D eigenvalue weighted by atomic mass is 16.6. The average molecular weight is 533 g/mol. The van der Waals surface area contributed by atoms with Gasteiger partial charge in [-0.25, -0.2) is 4.79 Å². The van der Waals surface area contributed by atoms with Gasteiger partial charge >= 0.3 is 6.09 Å². The molecule has 0 aliphatic rings. The molecule has 0 fully saturated rings. The van der Waals surface area contributed by atoms with Gasteiger partial charge < -0.3 is 9.64 Å². The number of ether oxygens (including phenoxy) is 1. The molecule has 0 heterocycles. The van der Waals surface area contributed by atoms with E-state index in [2.05, 4.69) is 27.7 Å². The first-order chi connectivity index (χ1) is 18.5. The van der Waals surface area contributed by atoms with E-state index >= 15 is 0 Å². The minimum Gasteiger partial charge on any atom is -0.444 e. The Bertz CT molecular complexity index is 729. The van der Waals surface area contributed by atoms with Crippen molar-refractivity contribution >= 4 is 11.8 Å². The number of para-hydroxylation sites is 1. The number of hydrogen-bond donors (Lipinski definition) is 0. The van der Waals surface area contributed by atoms with Crippen molar-refractivity contribution in [3.63, 3.8) is 0 Å². The minimum atomic E-state index is -0.411. The molecule has 6 nitrogen and oxygen atoms in total. The number of unbranched alkanes of at least 4 members (excludes halogenated alkanes) is 12. The summed E-state index contributed by atoms with van der Waals surface area (Å²) in [6, 6.07) is 6.79. The van der Waals surface area contributed by atoms with Crippen molar-refractivity contribution in [2.45, 2.75) is 162 Å². The summed E-state index contributed by atoms with van der Waals surface area (Å²) >= 11 is 0. The third-order valence-electron chi connectivity index (χ3n) is 7.76. The van der Waals surface area contributed by atoms with Crippen LogP contribution in [0.5, 0.6) is 0 Å². The van der Waals surface area contributed by atoms with Crippen LogP contribution in [0.25, 0.3) is 0 Å². The molecule has 6 heteroatoms. The fraction of sp³-hybridized carbons (Fsp3) is 0.781. The normalized spacial score (nSPS) is 12.7. The van der Waals surface area contributed by atoms with Crippen molar-refractivity contribution in [3.05, 3.63) is 39.9 Å². The molecule has 1 rings (SSSR count). The van der Waals surface area contributed by atoms with Gasteiger partial charge in [0.1, 0.15) is 6.61 Å². The number of amides is 1. The molecule has 0 saturated carbocycles. The fourth-order valence-electron chi connectivity index (χ4n) is 5.38. The van der Waals surface area contributed by atoms with Gasteiger partial charge in [0, 0.05) is 18.2 Å². The van der Waals surface area contributed by atoms with E-state index in [1.165, 1.54) is 83.1 Å². The molecule has 0 aromatic heterocycles. The molecule has 2 atom stereocenters. The Kier molecular flexibility index (Phi) is 19.4. The van der Waals surface area contributed by atoms with Crippen LogP contribution in [0.2, 0.25) is 0 Å². The van der Waals surface area contributed by atoms with Crippen LogP contribution in [0, 0.1) is 10.1 Å². The molecular weight excluding hydrogens is 476 g/mol. The summed E-state index contributed by atoms with van der Waals surface area (Å²) in [5.41, 5.74) is 0.433. The largest absolute Gasteiger partial charge is 0.444 e. The highest BCUT2D eigenvalue weighted by Crippen LogP contribution is 2.25. The number of rotatable bonds is 23. The number of carbonyl (C=O) groups is 1. The first-order valence-electron chi connectivity index (χ1n) is 15.7. The quantitative estimate of drug-likeness (QED) is 0.0798. The predicted octanol–water partition coefficient (Wildman–Crippen LogP) is 10.4. The average Bonchev–Trinajstić information content (AvgIpc) is 2.93. The first-order valence-corrected chi connectivity index (χ1v) is 15.7. The second kappa shape index (κ2) is 21.8. The topological polar surface area (TPSA) is 72.7 Å². The fourth-order valence-corrected chi connectivity index (χ4v) is 5.38. The highest BCUT2D eigenvalue weighted by Gasteiger charge is 2.30. The van der Waals surface area contributed by atoms with E-state index in [9.17, 15) is 14.9 Å². The summed E-state index contributed by atoms with van der Waals surface area (Å²) in [7, 11) is 0. The second-order valence-electron chi connectivity index (χ2n) is 10.8.